The van der Waals surface area contributed by atoms with Crippen LogP contribution in [0.1, 0.15) is 62.8 Å². The van der Waals surface area contributed by atoms with Crippen LogP contribution in [0, 0.1) is 6.92 Å². The van der Waals surface area contributed by atoms with Crippen molar-refractivity contribution in [1.82, 2.24) is 15.5 Å². The molecular formula is C24H26N4O3S. The topological polar surface area (TPSA) is 93.2 Å². The van der Waals surface area contributed by atoms with E-state index in [2.05, 4.69) is 20.8 Å². The first-order chi connectivity index (χ1) is 15.6. The van der Waals surface area contributed by atoms with Gasteiger partial charge in [0.1, 0.15) is 12.4 Å². The third-order valence-electron chi connectivity index (χ3n) is 5.37. The number of aromatic nitrogens is 2. The van der Waals surface area contributed by atoms with Crippen LogP contribution < -0.4 is 15.4 Å². The normalized spacial score (nSPS) is 14.0. The highest BCUT2D eigenvalue weighted by Gasteiger charge is 2.18. The fraction of sp³-hybridized carbons (Fsp3) is 0.333. The molecule has 1 aliphatic rings. The minimum atomic E-state index is -0.367. The van der Waals surface area contributed by atoms with Gasteiger partial charge in [0.2, 0.25) is 5.01 Å². The first kappa shape index (κ1) is 22.0. The number of carbonyl (C=O) groups excluding carboxylic acids is 2. The summed E-state index contributed by atoms with van der Waals surface area (Å²) in [6.45, 7) is 2.25. The SMILES string of the molecule is Cc1ccc(OCc2nnc(C(=O)Nc3cccc(C(=O)NC4CCCCC4)c3)s2)cc1. The number of anilines is 1. The lowest BCUT2D eigenvalue weighted by atomic mass is 9.95. The van der Waals surface area contributed by atoms with Gasteiger partial charge < -0.3 is 15.4 Å². The van der Waals surface area contributed by atoms with Crippen LogP contribution in [0.2, 0.25) is 0 Å². The summed E-state index contributed by atoms with van der Waals surface area (Å²) in [7, 11) is 0. The van der Waals surface area contributed by atoms with E-state index in [9.17, 15) is 9.59 Å². The molecule has 2 amide bonds. The highest BCUT2D eigenvalue weighted by molar-refractivity contribution is 7.13. The number of aryl methyl sites for hydroxylation is 1. The maximum Gasteiger partial charge on any atom is 0.286 e. The van der Waals surface area contributed by atoms with Crippen molar-refractivity contribution >= 4 is 28.8 Å². The summed E-state index contributed by atoms with van der Waals surface area (Å²) in [4.78, 5) is 25.2. The van der Waals surface area contributed by atoms with Crippen LogP contribution in [0.4, 0.5) is 5.69 Å². The van der Waals surface area contributed by atoms with Crippen molar-refractivity contribution in [1.29, 1.82) is 0 Å². The van der Waals surface area contributed by atoms with Crippen LogP contribution in [-0.2, 0) is 6.61 Å². The van der Waals surface area contributed by atoms with Crippen molar-refractivity contribution in [3.8, 4) is 5.75 Å². The fourth-order valence-electron chi connectivity index (χ4n) is 3.62. The highest BCUT2D eigenvalue weighted by atomic mass is 32.1. The minimum Gasteiger partial charge on any atom is -0.486 e. The van der Waals surface area contributed by atoms with Gasteiger partial charge in [0.25, 0.3) is 11.8 Å². The lowest BCUT2D eigenvalue weighted by Crippen LogP contribution is -2.36. The molecule has 2 N–H and O–H groups in total. The van der Waals surface area contributed by atoms with E-state index in [1.807, 2.05) is 31.2 Å². The van der Waals surface area contributed by atoms with Gasteiger partial charge >= 0.3 is 0 Å². The van der Waals surface area contributed by atoms with Gasteiger partial charge in [0, 0.05) is 17.3 Å². The Kier molecular flexibility index (Phi) is 7.11. The van der Waals surface area contributed by atoms with Crippen molar-refractivity contribution < 1.29 is 14.3 Å². The Morgan fingerprint density at radius 1 is 1.03 bits per heavy atom. The molecule has 0 bridgehead atoms. The zero-order valence-electron chi connectivity index (χ0n) is 18.0. The maximum atomic E-state index is 12.6. The third-order valence-corrected chi connectivity index (χ3v) is 6.26. The molecule has 1 heterocycles. The monoisotopic (exact) mass is 450 g/mol. The molecule has 166 valence electrons. The number of ether oxygens (including phenoxy) is 1. The van der Waals surface area contributed by atoms with E-state index in [0.29, 0.717) is 16.3 Å². The third kappa shape index (κ3) is 5.91. The molecule has 1 aromatic heterocycles. The van der Waals surface area contributed by atoms with Crippen molar-refractivity contribution in [3.05, 3.63) is 69.7 Å². The Labute approximate surface area is 191 Å². The molecule has 0 unspecified atom stereocenters. The zero-order valence-corrected chi connectivity index (χ0v) is 18.8. The smallest absolute Gasteiger partial charge is 0.286 e. The summed E-state index contributed by atoms with van der Waals surface area (Å²) in [6, 6.07) is 14.9. The number of rotatable bonds is 7. The molecule has 0 saturated heterocycles. The van der Waals surface area contributed by atoms with E-state index in [1.54, 1.807) is 24.3 Å². The van der Waals surface area contributed by atoms with Gasteiger partial charge in [-0.05, 0) is 50.1 Å². The Hall–Kier alpha value is -3.26. The molecule has 1 saturated carbocycles. The van der Waals surface area contributed by atoms with Crippen LogP contribution in [0.3, 0.4) is 0 Å². The van der Waals surface area contributed by atoms with Crippen LogP contribution in [0.5, 0.6) is 5.75 Å². The van der Waals surface area contributed by atoms with Gasteiger partial charge in [-0.25, -0.2) is 0 Å². The summed E-state index contributed by atoms with van der Waals surface area (Å²) in [5, 5.41) is 14.8. The minimum absolute atomic E-state index is 0.112. The quantitative estimate of drug-likeness (QED) is 0.542. The largest absolute Gasteiger partial charge is 0.486 e. The summed E-state index contributed by atoms with van der Waals surface area (Å²) in [5.41, 5.74) is 2.22. The van der Waals surface area contributed by atoms with Crippen LogP contribution in [-0.4, -0.2) is 28.1 Å². The molecule has 0 radical (unpaired) electrons. The summed E-state index contributed by atoms with van der Waals surface area (Å²) in [6.07, 6.45) is 5.59. The second-order valence-electron chi connectivity index (χ2n) is 7.95. The Balaban J connectivity index is 1.33. The second kappa shape index (κ2) is 10.4. The van der Waals surface area contributed by atoms with E-state index in [0.717, 1.165) is 37.0 Å². The van der Waals surface area contributed by atoms with Gasteiger partial charge in [-0.1, -0.05) is 54.4 Å². The fourth-order valence-corrected chi connectivity index (χ4v) is 4.27. The molecule has 2 aromatic carbocycles. The predicted molar refractivity (Wildman–Crippen MR) is 124 cm³/mol. The lowest BCUT2D eigenvalue weighted by molar-refractivity contribution is 0.0926. The molecule has 1 fully saturated rings. The molecule has 1 aliphatic carbocycles. The molecular weight excluding hydrogens is 424 g/mol. The maximum absolute atomic E-state index is 12.6. The number of benzene rings is 2. The molecule has 3 aromatic rings. The average Bonchev–Trinajstić information content (AvgIpc) is 3.29. The van der Waals surface area contributed by atoms with Gasteiger partial charge in [0.05, 0.1) is 0 Å². The highest BCUT2D eigenvalue weighted by Crippen LogP contribution is 2.20. The lowest BCUT2D eigenvalue weighted by Gasteiger charge is -2.22. The molecule has 32 heavy (non-hydrogen) atoms. The average molecular weight is 451 g/mol. The standard InChI is InChI=1S/C24H26N4O3S/c1-16-10-12-20(13-11-16)31-15-21-27-28-24(32-21)23(30)26-19-9-5-6-17(14-19)22(29)25-18-7-3-2-4-8-18/h5-6,9-14,18H,2-4,7-8,15H2,1H3,(H,25,29)(H,26,30). The van der Waals surface area contributed by atoms with E-state index in [4.69, 9.17) is 4.74 Å². The van der Waals surface area contributed by atoms with Crippen LogP contribution in [0.25, 0.3) is 0 Å². The molecule has 4 rings (SSSR count). The predicted octanol–water partition coefficient (Wildman–Crippen LogP) is 4.74. The number of nitrogens with one attached hydrogen (secondary N) is 2. The zero-order chi connectivity index (χ0) is 22.3. The molecule has 7 nitrogen and oxygen atoms in total. The number of nitrogens with zero attached hydrogens (tertiary/aromatic N) is 2. The summed E-state index contributed by atoms with van der Waals surface area (Å²) < 4.78 is 5.69. The van der Waals surface area contributed by atoms with Crippen molar-refractivity contribution in [3.63, 3.8) is 0 Å². The number of carbonyl (C=O) groups is 2. The van der Waals surface area contributed by atoms with Crippen molar-refractivity contribution in [2.24, 2.45) is 0 Å². The summed E-state index contributed by atoms with van der Waals surface area (Å²) in [5.74, 6) is 0.258. The van der Waals surface area contributed by atoms with E-state index >= 15 is 0 Å². The number of hydrogen-bond donors (Lipinski definition) is 2. The number of amides is 2. The molecule has 0 atom stereocenters. The first-order valence-electron chi connectivity index (χ1n) is 10.8. The molecule has 0 spiro atoms. The van der Waals surface area contributed by atoms with Gasteiger partial charge in [-0.2, -0.15) is 0 Å². The van der Waals surface area contributed by atoms with Crippen LogP contribution in [0.15, 0.2) is 48.5 Å². The summed E-state index contributed by atoms with van der Waals surface area (Å²) >= 11 is 1.18. The first-order valence-corrected chi connectivity index (χ1v) is 11.6. The second-order valence-corrected chi connectivity index (χ2v) is 9.01. The Morgan fingerprint density at radius 2 is 1.81 bits per heavy atom. The Bertz CT molecular complexity index is 1070. The van der Waals surface area contributed by atoms with E-state index in [-0.39, 0.29) is 29.5 Å². The van der Waals surface area contributed by atoms with E-state index < -0.39 is 0 Å². The molecule has 8 heteroatoms. The van der Waals surface area contributed by atoms with Gasteiger partial charge in [-0.15, -0.1) is 10.2 Å². The van der Waals surface area contributed by atoms with Crippen molar-refractivity contribution in [2.75, 3.05) is 5.32 Å². The van der Waals surface area contributed by atoms with Crippen LogP contribution >= 0.6 is 11.3 Å². The molecule has 0 aliphatic heterocycles. The Morgan fingerprint density at radius 3 is 2.59 bits per heavy atom. The van der Waals surface area contributed by atoms with Crippen molar-refractivity contribution in [2.45, 2.75) is 51.7 Å². The number of hydrogen-bond acceptors (Lipinski definition) is 6. The van der Waals surface area contributed by atoms with E-state index in [1.165, 1.54) is 17.8 Å². The van der Waals surface area contributed by atoms with Gasteiger partial charge in [0.15, 0.2) is 5.01 Å². The van der Waals surface area contributed by atoms with Gasteiger partial charge in [-0.3, -0.25) is 9.59 Å².